The van der Waals surface area contributed by atoms with Crippen LogP contribution in [-0.4, -0.2) is 40.5 Å². The molecule has 4 nitrogen and oxygen atoms in total. The first-order valence-electron chi connectivity index (χ1n) is 3.99. The number of β-amino-alcohol motifs (C(OH)–C–C–N with tert-alkyl or cyclic N) is 1. The van der Waals surface area contributed by atoms with E-state index in [1.54, 1.807) is 0 Å². The average molecular weight is 213 g/mol. The van der Waals surface area contributed by atoms with Crippen LogP contribution in [0.2, 0.25) is 0 Å². The Balaban J connectivity index is 2.60. The molecular weight excluding hydrogens is 203 g/mol. The molecule has 0 aromatic heterocycles. The molecule has 3 N–H and O–H groups in total. The molecule has 1 aliphatic rings. The number of carbonyl (C=O) groups is 1. The SMILES string of the molecule is O=C(O)C[C@@H]1C[C@@](O)(C(F)(F)F)CN1. The van der Waals surface area contributed by atoms with Crippen molar-refractivity contribution in [3.8, 4) is 0 Å². The summed E-state index contributed by atoms with van der Waals surface area (Å²) in [5.74, 6) is -1.19. The highest BCUT2D eigenvalue weighted by Gasteiger charge is 2.57. The van der Waals surface area contributed by atoms with Crippen molar-refractivity contribution in [1.82, 2.24) is 5.32 Å². The molecule has 0 aliphatic carbocycles. The van der Waals surface area contributed by atoms with E-state index in [9.17, 15) is 18.0 Å². The standard InChI is InChI=1S/C7H10F3NO3/c8-7(9,10)6(14)2-4(11-3-6)1-5(12)13/h4,11,14H,1-3H2,(H,12,13)/t4-,6+/m1/s1. The molecule has 0 amide bonds. The van der Waals surface area contributed by atoms with E-state index in [-0.39, 0.29) is 0 Å². The molecule has 14 heavy (non-hydrogen) atoms. The van der Waals surface area contributed by atoms with Crippen LogP contribution in [0.1, 0.15) is 12.8 Å². The number of aliphatic hydroxyl groups is 1. The van der Waals surface area contributed by atoms with E-state index in [1.165, 1.54) is 0 Å². The second-order valence-electron chi connectivity index (χ2n) is 3.41. The van der Waals surface area contributed by atoms with Crippen LogP contribution in [0.25, 0.3) is 0 Å². The maximum Gasteiger partial charge on any atom is 0.418 e. The number of nitrogens with one attached hydrogen (secondary N) is 1. The van der Waals surface area contributed by atoms with Crippen molar-refractivity contribution in [1.29, 1.82) is 0 Å². The molecular formula is C7H10F3NO3. The second-order valence-corrected chi connectivity index (χ2v) is 3.41. The Hall–Kier alpha value is -0.820. The predicted molar refractivity (Wildman–Crippen MR) is 39.7 cm³/mol. The molecule has 0 unspecified atom stereocenters. The summed E-state index contributed by atoms with van der Waals surface area (Å²) in [4.78, 5) is 10.2. The van der Waals surface area contributed by atoms with E-state index in [1.807, 2.05) is 0 Å². The highest BCUT2D eigenvalue weighted by atomic mass is 19.4. The summed E-state index contributed by atoms with van der Waals surface area (Å²) in [6, 6.07) is -0.820. The van der Waals surface area contributed by atoms with Crippen LogP contribution in [0.5, 0.6) is 0 Å². The fraction of sp³-hybridized carbons (Fsp3) is 0.857. The van der Waals surface area contributed by atoms with Crippen LogP contribution in [0.15, 0.2) is 0 Å². The quantitative estimate of drug-likeness (QED) is 0.609. The Bertz CT molecular complexity index is 243. The Morgan fingerprint density at radius 2 is 2.14 bits per heavy atom. The summed E-state index contributed by atoms with van der Waals surface area (Å²) in [7, 11) is 0. The van der Waals surface area contributed by atoms with Crippen molar-refractivity contribution in [2.45, 2.75) is 30.7 Å². The van der Waals surface area contributed by atoms with Crippen LogP contribution in [0, 0.1) is 0 Å². The van der Waals surface area contributed by atoms with E-state index >= 15 is 0 Å². The molecule has 82 valence electrons. The Morgan fingerprint density at radius 1 is 1.57 bits per heavy atom. The second kappa shape index (κ2) is 3.39. The zero-order chi connectivity index (χ0) is 11.0. The molecule has 7 heteroatoms. The van der Waals surface area contributed by atoms with Gasteiger partial charge in [0, 0.05) is 19.0 Å². The maximum atomic E-state index is 12.2. The highest BCUT2D eigenvalue weighted by molar-refractivity contribution is 5.67. The summed E-state index contributed by atoms with van der Waals surface area (Å²) >= 11 is 0. The largest absolute Gasteiger partial charge is 0.481 e. The van der Waals surface area contributed by atoms with Crippen LogP contribution in [0.4, 0.5) is 13.2 Å². The molecule has 0 aromatic rings. The van der Waals surface area contributed by atoms with E-state index in [2.05, 4.69) is 5.32 Å². The fourth-order valence-corrected chi connectivity index (χ4v) is 1.44. The molecule has 1 heterocycles. The van der Waals surface area contributed by atoms with Crippen molar-refractivity contribution in [2.24, 2.45) is 0 Å². The summed E-state index contributed by atoms with van der Waals surface area (Å²) in [5, 5.41) is 19.8. The number of aliphatic carboxylic acids is 1. The molecule has 0 bridgehead atoms. The van der Waals surface area contributed by atoms with E-state index in [4.69, 9.17) is 10.2 Å². The lowest BCUT2D eigenvalue weighted by Gasteiger charge is -2.24. The van der Waals surface area contributed by atoms with Gasteiger partial charge in [-0.05, 0) is 0 Å². The molecule has 2 atom stereocenters. The van der Waals surface area contributed by atoms with Gasteiger partial charge >= 0.3 is 12.1 Å². The lowest BCUT2D eigenvalue weighted by Crippen LogP contribution is -2.46. The number of alkyl halides is 3. The van der Waals surface area contributed by atoms with Gasteiger partial charge in [-0.15, -0.1) is 0 Å². The number of halogens is 3. The monoisotopic (exact) mass is 213 g/mol. The molecule has 0 spiro atoms. The zero-order valence-corrected chi connectivity index (χ0v) is 7.14. The molecule has 0 aromatic carbocycles. The predicted octanol–water partition coefficient (Wildman–Crippen LogP) is 0.116. The van der Waals surface area contributed by atoms with Gasteiger partial charge in [-0.25, -0.2) is 0 Å². The first kappa shape index (κ1) is 11.3. The molecule has 1 fully saturated rings. The molecule has 1 saturated heterocycles. The van der Waals surface area contributed by atoms with Crippen LogP contribution >= 0.6 is 0 Å². The molecule has 1 aliphatic heterocycles. The number of hydrogen-bond acceptors (Lipinski definition) is 3. The number of carboxylic acid groups (broad SMARTS) is 1. The van der Waals surface area contributed by atoms with Crippen molar-refractivity contribution >= 4 is 5.97 Å². The van der Waals surface area contributed by atoms with Crippen LogP contribution in [0.3, 0.4) is 0 Å². The van der Waals surface area contributed by atoms with Crippen LogP contribution in [-0.2, 0) is 4.79 Å². The van der Waals surface area contributed by atoms with Gasteiger partial charge in [0.1, 0.15) is 0 Å². The third kappa shape index (κ3) is 2.16. The smallest absolute Gasteiger partial charge is 0.418 e. The van der Waals surface area contributed by atoms with Gasteiger partial charge in [0.05, 0.1) is 6.42 Å². The van der Waals surface area contributed by atoms with Gasteiger partial charge in [-0.1, -0.05) is 0 Å². The summed E-state index contributed by atoms with van der Waals surface area (Å²) in [6.07, 6.45) is -5.74. The average Bonchev–Trinajstić information content (AvgIpc) is 2.30. The van der Waals surface area contributed by atoms with Crippen molar-refractivity contribution in [3.05, 3.63) is 0 Å². The first-order chi connectivity index (χ1) is 6.24. The minimum Gasteiger partial charge on any atom is -0.481 e. The van der Waals surface area contributed by atoms with Gasteiger partial charge in [-0.3, -0.25) is 4.79 Å². The van der Waals surface area contributed by atoms with Crippen LogP contribution < -0.4 is 5.32 Å². The maximum absolute atomic E-state index is 12.2. The van der Waals surface area contributed by atoms with E-state index in [0.717, 1.165) is 0 Å². The molecule has 1 rings (SSSR count). The number of rotatable bonds is 2. The van der Waals surface area contributed by atoms with Crippen molar-refractivity contribution < 1.29 is 28.2 Å². The van der Waals surface area contributed by atoms with Gasteiger partial charge < -0.3 is 15.5 Å². The van der Waals surface area contributed by atoms with E-state index in [0.29, 0.717) is 0 Å². The third-order valence-corrected chi connectivity index (χ3v) is 2.22. The molecule has 0 saturated carbocycles. The minimum atomic E-state index is -4.72. The summed E-state index contributed by atoms with van der Waals surface area (Å²) in [6.45, 7) is -0.644. The van der Waals surface area contributed by atoms with Gasteiger partial charge in [-0.2, -0.15) is 13.2 Å². The summed E-state index contributed by atoms with van der Waals surface area (Å²) < 4.78 is 36.7. The molecule has 0 radical (unpaired) electrons. The Kier molecular flexibility index (Phi) is 2.73. The Morgan fingerprint density at radius 3 is 2.50 bits per heavy atom. The van der Waals surface area contributed by atoms with Gasteiger partial charge in [0.15, 0.2) is 5.60 Å². The van der Waals surface area contributed by atoms with E-state index < -0.39 is 43.2 Å². The van der Waals surface area contributed by atoms with Gasteiger partial charge in [0.25, 0.3) is 0 Å². The number of hydrogen-bond donors (Lipinski definition) is 3. The topological polar surface area (TPSA) is 69.6 Å². The zero-order valence-electron chi connectivity index (χ0n) is 7.14. The first-order valence-corrected chi connectivity index (χ1v) is 3.99. The lowest BCUT2D eigenvalue weighted by molar-refractivity contribution is -0.252. The van der Waals surface area contributed by atoms with Gasteiger partial charge in [0.2, 0.25) is 0 Å². The van der Waals surface area contributed by atoms with Crippen molar-refractivity contribution in [3.63, 3.8) is 0 Å². The summed E-state index contributed by atoms with van der Waals surface area (Å²) in [5.41, 5.74) is -2.78. The van der Waals surface area contributed by atoms with Crippen molar-refractivity contribution in [2.75, 3.05) is 6.54 Å². The third-order valence-electron chi connectivity index (χ3n) is 2.22. The lowest BCUT2D eigenvalue weighted by atomic mass is 9.98. The normalized spacial score (nSPS) is 33.3. The highest BCUT2D eigenvalue weighted by Crippen LogP contribution is 2.37. The number of carboxylic acids is 1. The fourth-order valence-electron chi connectivity index (χ4n) is 1.44. The Labute approximate surface area is 77.7 Å². The minimum absolute atomic E-state index is 0.418.